The molecule has 0 amide bonds. The molecule has 25 heavy (non-hydrogen) atoms. The molecule has 0 unspecified atom stereocenters. The van der Waals surface area contributed by atoms with Crippen molar-refractivity contribution in [3.05, 3.63) is 72.3 Å². The monoisotopic (exact) mass is 365 g/mol. The zero-order valence-electron chi connectivity index (χ0n) is 13.2. The highest BCUT2D eigenvalue weighted by Crippen LogP contribution is 2.36. The Bertz CT molecular complexity index is 1030. The van der Waals surface area contributed by atoms with Gasteiger partial charge in [0.15, 0.2) is 0 Å². The molecule has 7 heteroatoms. The minimum atomic E-state index is -4.76. The summed E-state index contributed by atoms with van der Waals surface area (Å²) in [5.41, 5.74) is -0.890. The van der Waals surface area contributed by atoms with Crippen molar-refractivity contribution in [3.63, 3.8) is 0 Å². The predicted molar refractivity (Wildman–Crippen MR) is 91.0 cm³/mol. The topological polar surface area (TPSA) is 37.4 Å². The summed E-state index contributed by atoms with van der Waals surface area (Å²) >= 11 is 0. The number of nitrogens with zero attached hydrogens (tertiary/aromatic N) is 1. The van der Waals surface area contributed by atoms with Gasteiger partial charge in [-0.15, -0.1) is 0 Å². The first-order valence-corrected chi connectivity index (χ1v) is 8.79. The Kier molecular flexibility index (Phi) is 4.20. The van der Waals surface area contributed by atoms with Crippen LogP contribution in [0.1, 0.15) is 5.56 Å². The lowest BCUT2D eigenvalue weighted by molar-refractivity contribution is -0.139. The molecule has 0 radical (unpaired) electrons. The van der Waals surface area contributed by atoms with Crippen molar-refractivity contribution in [1.29, 1.82) is 0 Å². The summed E-state index contributed by atoms with van der Waals surface area (Å²) in [6.45, 7) is 0. The molecule has 0 aromatic heterocycles. The van der Waals surface area contributed by atoms with Gasteiger partial charge in [0.05, 0.1) is 16.1 Å². The highest BCUT2D eigenvalue weighted by atomic mass is 32.2. The normalized spacial score (nSPS) is 12.3. The fourth-order valence-corrected chi connectivity index (χ4v) is 3.98. The summed E-state index contributed by atoms with van der Waals surface area (Å²) in [5.74, 6) is 0. The molecule has 0 atom stereocenters. The van der Waals surface area contributed by atoms with E-state index in [0.717, 1.165) is 33.3 Å². The van der Waals surface area contributed by atoms with E-state index in [9.17, 15) is 21.6 Å². The summed E-state index contributed by atoms with van der Waals surface area (Å²) in [6.07, 6.45) is -4.76. The number of fused-ring (bicyclic) bond motifs is 1. The third-order valence-corrected chi connectivity index (χ3v) is 5.77. The molecular weight excluding hydrogens is 351 g/mol. The second-order valence-electron chi connectivity index (χ2n) is 5.50. The van der Waals surface area contributed by atoms with Crippen molar-refractivity contribution in [2.75, 3.05) is 11.4 Å². The molecular formula is C18H14F3NO2S. The Balaban J connectivity index is 2.11. The maximum atomic E-state index is 13.2. The van der Waals surface area contributed by atoms with Gasteiger partial charge >= 0.3 is 6.18 Å². The SMILES string of the molecule is CN(c1ccc2ccccc2c1)S(=O)(=O)c1ccccc1C(F)(F)F. The molecule has 3 nitrogen and oxygen atoms in total. The van der Waals surface area contributed by atoms with Crippen LogP contribution in [0, 0.1) is 0 Å². The summed E-state index contributed by atoms with van der Waals surface area (Å²) in [4.78, 5) is -0.766. The van der Waals surface area contributed by atoms with Crippen molar-refractivity contribution < 1.29 is 21.6 Å². The van der Waals surface area contributed by atoms with E-state index in [1.165, 1.54) is 13.1 Å². The quantitative estimate of drug-likeness (QED) is 0.676. The van der Waals surface area contributed by atoms with Crippen LogP contribution in [0.3, 0.4) is 0 Å². The molecule has 0 fully saturated rings. The Morgan fingerprint density at radius 1 is 0.840 bits per heavy atom. The van der Waals surface area contributed by atoms with Crippen LogP contribution in [0.2, 0.25) is 0 Å². The van der Waals surface area contributed by atoms with E-state index in [2.05, 4.69) is 0 Å². The van der Waals surface area contributed by atoms with Gasteiger partial charge in [0.2, 0.25) is 0 Å². The van der Waals surface area contributed by atoms with Crippen LogP contribution in [0.25, 0.3) is 10.8 Å². The molecule has 0 saturated heterocycles. The first kappa shape index (κ1) is 17.3. The van der Waals surface area contributed by atoms with Crippen molar-refractivity contribution in [2.45, 2.75) is 11.1 Å². The predicted octanol–water partition coefficient (Wildman–Crippen LogP) is 4.68. The van der Waals surface area contributed by atoms with Crippen LogP contribution in [0.15, 0.2) is 71.6 Å². The summed E-state index contributed by atoms with van der Waals surface area (Å²) in [7, 11) is -3.12. The maximum absolute atomic E-state index is 13.2. The van der Waals surface area contributed by atoms with Gasteiger partial charge in [0.1, 0.15) is 0 Å². The van der Waals surface area contributed by atoms with Crippen LogP contribution in [0.5, 0.6) is 0 Å². The standard InChI is InChI=1S/C18H14F3NO2S/c1-22(15-11-10-13-6-2-3-7-14(13)12-15)25(23,24)17-9-5-4-8-16(17)18(19,20)21/h2-12H,1H3. The van der Waals surface area contributed by atoms with Gasteiger partial charge in [-0.3, -0.25) is 4.31 Å². The third-order valence-electron chi connectivity index (χ3n) is 3.93. The van der Waals surface area contributed by atoms with E-state index < -0.39 is 26.7 Å². The first-order chi connectivity index (χ1) is 11.7. The number of hydrogen-bond donors (Lipinski definition) is 0. The molecule has 0 spiro atoms. The Morgan fingerprint density at radius 2 is 1.44 bits per heavy atom. The molecule has 0 aliphatic carbocycles. The van der Waals surface area contributed by atoms with Crippen molar-refractivity contribution in [3.8, 4) is 0 Å². The van der Waals surface area contributed by atoms with E-state index >= 15 is 0 Å². The number of halogens is 3. The lowest BCUT2D eigenvalue weighted by Gasteiger charge is -2.22. The minimum absolute atomic E-state index is 0.288. The van der Waals surface area contributed by atoms with E-state index in [0.29, 0.717) is 0 Å². The fourth-order valence-electron chi connectivity index (χ4n) is 2.58. The number of hydrogen-bond acceptors (Lipinski definition) is 2. The summed E-state index contributed by atoms with van der Waals surface area (Å²) < 4.78 is 65.9. The molecule has 0 heterocycles. The van der Waals surface area contributed by atoms with E-state index in [4.69, 9.17) is 0 Å². The van der Waals surface area contributed by atoms with E-state index in [-0.39, 0.29) is 5.69 Å². The molecule has 0 saturated carbocycles. The number of alkyl halides is 3. The van der Waals surface area contributed by atoms with Gasteiger partial charge in [0.25, 0.3) is 10.0 Å². The Labute approximate surface area is 143 Å². The lowest BCUT2D eigenvalue weighted by atomic mass is 10.1. The highest BCUT2D eigenvalue weighted by molar-refractivity contribution is 7.92. The molecule has 0 aliphatic rings. The van der Waals surface area contributed by atoms with Gasteiger partial charge in [-0.1, -0.05) is 42.5 Å². The maximum Gasteiger partial charge on any atom is 0.417 e. The van der Waals surface area contributed by atoms with Crippen LogP contribution >= 0.6 is 0 Å². The lowest BCUT2D eigenvalue weighted by Crippen LogP contribution is -2.28. The average molecular weight is 365 g/mol. The van der Waals surface area contributed by atoms with Gasteiger partial charge in [-0.2, -0.15) is 13.2 Å². The first-order valence-electron chi connectivity index (χ1n) is 7.35. The van der Waals surface area contributed by atoms with Gasteiger partial charge in [-0.25, -0.2) is 8.42 Å². The minimum Gasteiger partial charge on any atom is -0.269 e. The second kappa shape index (κ2) is 6.07. The number of benzene rings is 3. The largest absolute Gasteiger partial charge is 0.417 e. The van der Waals surface area contributed by atoms with Crippen LogP contribution in [-0.4, -0.2) is 15.5 Å². The van der Waals surface area contributed by atoms with Crippen molar-refractivity contribution in [1.82, 2.24) is 0 Å². The molecule has 0 N–H and O–H groups in total. The highest BCUT2D eigenvalue weighted by Gasteiger charge is 2.38. The Morgan fingerprint density at radius 3 is 2.12 bits per heavy atom. The van der Waals surface area contributed by atoms with Gasteiger partial charge in [0, 0.05) is 7.05 Å². The Hall–Kier alpha value is -2.54. The number of sulfonamides is 1. The summed E-state index contributed by atoms with van der Waals surface area (Å²) in [5, 5.41) is 1.71. The molecule has 0 aliphatic heterocycles. The van der Waals surface area contributed by atoms with Crippen LogP contribution in [0.4, 0.5) is 18.9 Å². The molecule has 0 bridgehead atoms. The molecule has 130 valence electrons. The number of anilines is 1. The molecule has 3 aromatic rings. The van der Waals surface area contributed by atoms with E-state index in [1.807, 2.05) is 18.2 Å². The zero-order valence-corrected chi connectivity index (χ0v) is 14.0. The summed E-state index contributed by atoms with van der Waals surface area (Å²) in [6, 6.07) is 16.4. The average Bonchev–Trinajstić information content (AvgIpc) is 2.60. The third kappa shape index (κ3) is 3.19. The van der Waals surface area contributed by atoms with Crippen molar-refractivity contribution >= 4 is 26.5 Å². The van der Waals surface area contributed by atoms with Gasteiger partial charge in [-0.05, 0) is 35.0 Å². The number of rotatable bonds is 3. The molecule has 3 rings (SSSR count). The smallest absolute Gasteiger partial charge is 0.269 e. The zero-order chi connectivity index (χ0) is 18.2. The second-order valence-corrected chi connectivity index (χ2v) is 7.44. The van der Waals surface area contributed by atoms with Gasteiger partial charge < -0.3 is 0 Å². The van der Waals surface area contributed by atoms with Crippen molar-refractivity contribution in [2.24, 2.45) is 0 Å². The van der Waals surface area contributed by atoms with Crippen LogP contribution < -0.4 is 4.31 Å². The van der Waals surface area contributed by atoms with Crippen LogP contribution in [-0.2, 0) is 16.2 Å². The fraction of sp³-hybridized carbons (Fsp3) is 0.111. The van der Waals surface area contributed by atoms with E-state index in [1.54, 1.807) is 24.3 Å². The molecule has 3 aromatic carbocycles.